The van der Waals surface area contributed by atoms with Gasteiger partial charge in [-0.2, -0.15) is 0 Å². The molecule has 2 rings (SSSR count). The van der Waals surface area contributed by atoms with E-state index in [0.29, 0.717) is 18.1 Å². The van der Waals surface area contributed by atoms with Gasteiger partial charge >= 0.3 is 5.97 Å². The lowest BCUT2D eigenvalue weighted by molar-refractivity contribution is -0.147. The topological polar surface area (TPSA) is 55.4 Å². The first-order valence-corrected chi connectivity index (χ1v) is 8.10. The van der Waals surface area contributed by atoms with Crippen LogP contribution in [0.1, 0.15) is 54.9 Å². The zero-order valence-corrected chi connectivity index (χ0v) is 13.4. The molecule has 0 spiro atoms. The normalized spacial score (nSPS) is 16.8. The van der Waals surface area contributed by atoms with Gasteiger partial charge in [0.1, 0.15) is 6.04 Å². The third-order valence-corrected chi connectivity index (χ3v) is 4.17. The lowest BCUT2D eigenvalue weighted by Crippen LogP contribution is -2.40. The molecule has 0 aliphatic heterocycles. The van der Waals surface area contributed by atoms with Gasteiger partial charge in [0.25, 0.3) is 5.91 Å². The Bertz CT molecular complexity index is 521. The molecule has 0 aromatic heterocycles. The SMILES string of the molecule is Cc1cccc(C(=O)NC(C)C(=O)OCC2CCCCC2)c1. The average Bonchev–Trinajstić information content (AvgIpc) is 2.53. The molecule has 0 bridgehead atoms. The van der Waals surface area contributed by atoms with Crippen LogP contribution in [0.3, 0.4) is 0 Å². The van der Waals surface area contributed by atoms with Crippen LogP contribution in [0.15, 0.2) is 24.3 Å². The summed E-state index contributed by atoms with van der Waals surface area (Å²) in [5.41, 5.74) is 1.58. The van der Waals surface area contributed by atoms with Crippen LogP contribution in [0.2, 0.25) is 0 Å². The number of carbonyl (C=O) groups excluding carboxylic acids is 2. The summed E-state index contributed by atoms with van der Waals surface area (Å²) in [5.74, 6) is -0.116. The van der Waals surface area contributed by atoms with E-state index in [-0.39, 0.29) is 11.9 Å². The van der Waals surface area contributed by atoms with Gasteiger partial charge in [-0.25, -0.2) is 4.79 Å². The molecule has 1 fully saturated rings. The molecule has 1 saturated carbocycles. The van der Waals surface area contributed by atoms with Crippen LogP contribution in [-0.4, -0.2) is 24.5 Å². The number of ether oxygens (including phenoxy) is 1. The van der Waals surface area contributed by atoms with Crippen LogP contribution < -0.4 is 5.32 Å². The summed E-state index contributed by atoms with van der Waals surface area (Å²) in [7, 11) is 0. The smallest absolute Gasteiger partial charge is 0.328 e. The Hall–Kier alpha value is -1.84. The highest BCUT2D eigenvalue weighted by atomic mass is 16.5. The Kier molecular flexibility index (Phi) is 5.99. The van der Waals surface area contributed by atoms with Crippen LogP contribution in [0.5, 0.6) is 0 Å². The molecule has 1 amide bonds. The molecular formula is C18H25NO3. The Morgan fingerprint density at radius 3 is 2.68 bits per heavy atom. The van der Waals surface area contributed by atoms with E-state index >= 15 is 0 Å². The average molecular weight is 303 g/mol. The number of carbonyl (C=O) groups is 2. The maximum atomic E-state index is 12.1. The third kappa shape index (κ3) is 4.86. The number of hydrogen-bond acceptors (Lipinski definition) is 3. The monoisotopic (exact) mass is 303 g/mol. The van der Waals surface area contributed by atoms with Gasteiger partial charge in [-0.1, -0.05) is 37.0 Å². The molecule has 1 aromatic rings. The van der Waals surface area contributed by atoms with Crippen molar-refractivity contribution in [3.63, 3.8) is 0 Å². The van der Waals surface area contributed by atoms with Crippen molar-refractivity contribution >= 4 is 11.9 Å². The summed E-state index contributed by atoms with van der Waals surface area (Å²) < 4.78 is 5.35. The first kappa shape index (κ1) is 16.5. The number of amides is 1. The second-order valence-corrected chi connectivity index (χ2v) is 6.20. The summed E-state index contributed by atoms with van der Waals surface area (Å²) in [4.78, 5) is 24.1. The zero-order valence-electron chi connectivity index (χ0n) is 13.4. The number of hydrogen-bond donors (Lipinski definition) is 1. The lowest BCUT2D eigenvalue weighted by Gasteiger charge is -2.22. The van der Waals surface area contributed by atoms with Crippen LogP contribution >= 0.6 is 0 Å². The standard InChI is InChI=1S/C18H25NO3/c1-13-7-6-10-16(11-13)17(20)19-14(2)18(21)22-12-15-8-4-3-5-9-15/h6-7,10-11,14-15H,3-5,8-9,12H2,1-2H3,(H,19,20). The van der Waals surface area contributed by atoms with E-state index in [0.717, 1.165) is 18.4 Å². The Morgan fingerprint density at radius 1 is 1.27 bits per heavy atom. The highest BCUT2D eigenvalue weighted by Gasteiger charge is 2.20. The van der Waals surface area contributed by atoms with Crippen molar-refractivity contribution in [1.29, 1.82) is 0 Å². The quantitative estimate of drug-likeness (QED) is 0.850. The van der Waals surface area contributed by atoms with E-state index < -0.39 is 6.04 Å². The van der Waals surface area contributed by atoms with Gasteiger partial charge in [0.15, 0.2) is 0 Å². The van der Waals surface area contributed by atoms with Gasteiger partial charge in [-0.3, -0.25) is 4.79 Å². The van der Waals surface area contributed by atoms with Crippen molar-refractivity contribution in [3.05, 3.63) is 35.4 Å². The molecule has 1 atom stereocenters. The van der Waals surface area contributed by atoms with Gasteiger partial charge in [0.05, 0.1) is 6.61 Å². The number of benzene rings is 1. The van der Waals surface area contributed by atoms with Crippen LogP contribution in [0.25, 0.3) is 0 Å². The predicted molar refractivity (Wildman–Crippen MR) is 85.6 cm³/mol. The fourth-order valence-electron chi connectivity index (χ4n) is 2.80. The van der Waals surface area contributed by atoms with Crippen molar-refractivity contribution in [3.8, 4) is 0 Å². The fraction of sp³-hybridized carbons (Fsp3) is 0.556. The van der Waals surface area contributed by atoms with Crippen molar-refractivity contribution in [2.75, 3.05) is 6.61 Å². The molecule has 4 nitrogen and oxygen atoms in total. The number of aryl methyl sites for hydroxylation is 1. The number of rotatable bonds is 5. The molecule has 1 aliphatic rings. The van der Waals surface area contributed by atoms with Crippen LogP contribution in [-0.2, 0) is 9.53 Å². The van der Waals surface area contributed by atoms with Crippen molar-refractivity contribution < 1.29 is 14.3 Å². The minimum Gasteiger partial charge on any atom is -0.464 e. The second-order valence-electron chi connectivity index (χ2n) is 6.20. The Morgan fingerprint density at radius 2 is 2.00 bits per heavy atom. The van der Waals surface area contributed by atoms with Gasteiger partial charge in [0, 0.05) is 5.56 Å². The lowest BCUT2D eigenvalue weighted by atomic mass is 9.90. The van der Waals surface area contributed by atoms with Gasteiger partial charge in [-0.05, 0) is 44.7 Å². The molecule has 1 N–H and O–H groups in total. The molecule has 120 valence electrons. The molecule has 0 radical (unpaired) electrons. The number of nitrogens with one attached hydrogen (secondary N) is 1. The maximum absolute atomic E-state index is 12.1. The van der Waals surface area contributed by atoms with Crippen LogP contribution in [0, 0.1) is 12.8 Å². The zero-order chi connectivity index (χ0) is 15.9. The van der Waals surface area contributed by atoms with E-state index in [4.69, 9.17) is 4.74 Å². The van der Waals surface area contributed by atoms with Gasteiger partial charge < -0.3 is 10.1 Å². The molecule has 1 aromatic carbocycles. The maximum Gasteiger partial charge on any atom is 0.328 e. The summed E-state index contributed by atoms with van der Waals surface area (Å²) in [6, 6.07) is 6.67. The fourth-order valence-corrected chi connectivity index (χ4v) is 2.80. The summed E-state index contributed by atoms with van der Waals surface area (Å²) in [5, 5.41) is 2.70. The van der Waals surface area contributed by atoms with E-state index in [9.17, 15) is 9.59 Å². The van der Waals surface area contributed by atoms with Gasteiger partial charge in [0.2, 0.25) is 0 Å². The largest absolute Gasteiger partial charge is 0.464 e. The van der Waals surface area contributed by atoms with Gasteiger partial charge in [-0.15, -0.1) is 0 Å². The minimum absolute atomic E-state index is 0.245. The van der Waals surface area contributed by atoms with E-state index in [1.165, 1.54) is 19.3 Å². The Labute approximate surface area is 132 Å². The first-order valence-electron chi connectivity index (χ1n) is 8.10. The molecule has 4 heteroatoms. The van der Waals surface area contributed by atoms with Crippen molar-refractivity contribution in [2.45, 2.75) is 52.0 Å². The molecular weight excluding hydrogens is 278 g/mol. The van der Waals surface area contributed by atoms with Crippen molar-refractivity contribution in [1.82, 2.24) is 5.32 Å². The van der Waals surface area contributed by atoms with E-state index in [1.807, 2.05) is 19.1 Å². The summed E-state index contributed by atoms with van der Waals surface area (Å²) >= 11 is 0. The number of esters is 1. The summed E-state index contributed by atoms with van der Waals surface area (Å²) in [6.07, 6.45) is 6.01. The predicted octanol–water partition coefficient (Wildman–Crippen LogP) is 3.24. The highest BCUT2D eigenvalue weighted by Crippen LogP contribution is 2.23. The molecule has 1 unspecified atom stereocenters. The molecule has 0 saturated heterocycles. The highest BCUT2D eigenvalue weighted by molar-refractivity contribution is 5.96. The van der Waals surface area contributed by atoms with E-state index in [2.05, 4.69) is 5.32 Å². The first-order chi connectivity index (χ1) is 10.6. The van der Waals surface area contributed by atoms with E-state index in [1.54, 1.807) is 19.1 Å². The molecule has 1 aliphatic carbocycles. The van der Waals surface area contributed by atoms with Crippen LogP contribution in [0.4, 0.5) is 0 Å². The molecule has 0 heterocycles. The second kappa shape index (κ2) is 7.97. The molecule has 22 heavy (non-hydrogen) atoms. The minimum atomic E-state index is -0.628. The third-order valence-electron chi connectivity index (χ3n) is 4.17. The van der Waals surface area contributed by atoms with Crippen molar-refractivity contribution in [2.24, 2.45) is 5.92 Å². The Balaban J connectivity index is 1.79. The summed E-state index contributed by atoms with van der Waals surface area (Å²) in [6.45, 7) is 4.07.